The lowest BCUT2D eigenvalue weighted by atomic mass is 9.80. The molecule has 0 aliphatic carbocycles. The molecule has 0 saturated carbocycles. The highest BCUT2D eigenvalue weighted by molar-refractivity contribution is 7.89. The Morgan fingerprint density at radius 3 is 2.21 bits per heavy atom. The number of carbonyl (C=O) groups excluding carboxylic acids is 1. The van der Waals surface area contributed by atoms with Crippen molar-refractivity contribution in [3.8, 4) is 11.3 Å². The predicted molar refractivity (Wildman–Crippen MR) is 154 cm³/mol. The third-order valence-electron chi connectivity index (χ3n) is 7.38. The lowest BCUT2D eigenvalue weighted by molar-refractivity contribution is -0.384. The van der Waals surface area contributed by atoms with Crippen LogP contribution < -0.4 is 4.72 Å². The number of nitro benzene ring substituents is 1. The number of nitrogens with zero attached hydrogens (tertiary/aromatic N) is 1. The summed E-state index contributed by atoms with van der Waals surface area (Å²) < 4.78 is 28.7. The van der Waals surface area contributed by atoms with E-state index in [1.165, 1.54) is 24.3 Å². The van der Waals surface area contributed by atoms with Crippen LogP contribution in [0.3, 0.4) is 0 Å². The minimum absolute atomic E-state index is 0.0424. The highest BCUT2D eigenvalue weighted by Gasteiger charge is 2.28. The first-order valence-corrected chi connectivity index (χ1v) is 14.2. The van der Waals surface area contributed by atoms with Gasteiger partial charge in [-0.3, -0.25) is 14.9 Å². The molecule has 1 unspecified atom stereocenters. The van der Waals surface area contributed by atoms with Crippen molar-refractivity contribution in [3.63, 3.8) is 0 Å². The number of aryl methyl sites for hydroxylation is 2. The molecule has 0 saturated heterocycles. The van der Waals surface area contributed by atoms with Crippen LogP contribution in [0.25, 0.3) is 22.2 Å². The number of hydrogen-bond acceptors (Lipinski definition) is 5. The molecule has 0 aliphatic heterocycles. The van der Waals surface area contributed by atoms with Crippen molar-refractivity contribution in [1.82, 2.24) is 9.71 Å². The van der Waals surface area contributed by atoms with Crippen molar-refractivity contribution in [2.45, 2.75) is 57.8 Å². The number of fused-ring (bicyclic) bond motifs is 1. The number of nitro groups is 1. The largest absolute Gasteiger partial charge is 0.354 e. The molecule has 8 nitrogen and oxygen atoms in total. The summed E-state index contributed by atoms with van der Waals surface area (Å²) in [6.07, 6.45) is 0. The summed E-state index contributed by atoms with van der Waals surface area (Å²) in [5, 5.41) is 11.9. The van der Waals surface area contributed by atoms with E-state index in [1.807, 2.05) is 52.8 Å². The molecule has 1 aromatic heterocycles. The van der Waals surface area contributed by atoms with Gasteiger partial charge in [0.1, 0.15) is 5.78 Å². The molecular weight excluding hydrogens is 514 g/mol. The monoisotopic (exact) mass is 547 g/mol. The second-order valence-corrected chi connectivity index (χ2v) is 12.5. The van der Waals surface area contributed by atoms with E-state index in [9.17, 15) is 23.3 Å². The van der Waals surface area contributed by atoms with Gasteiger partial charge in [0, 0.05) is 35.0 Å². The first kappa shape index (κ1) is 28.2. The summed E-state index contributed by atoms with van der Waals surface area (Å²) in [6.45, 7) is 11.5. The average Bonchev–Trinajstić information content (AvgIpc) is 3.26. The minimum Gasteiger partial charge on any atom is -0.354 e. The molecule has 1 atom stereocenters. The fraction of sp³-hybridized carbons (Fsp3) is 0.300. The van der Waals surface area contributed by atoms with Gasteiger partial charge >= 0.3 is 0 Å². The Bertz CT molecular complexity index is 1670. The van der Waals surface area contributed by atoms with Crippen molar-refractivity contribution >= 4 is 32.4 Å². The molecule has 3 aromatic carbocycles. The van der Waals surface area contributed by atoms with E-state index in [0.29, 0.717) is 0 Å². The second-order valence-electron chi connectivity index (χ2n) is 10.7. The van der Waals surface area contributed by atoms with Crippen LogP contribution in [-0.4, -0.2) is 30.7 Å². The Balaban J connectivity index is 1.78. The van der Waals surface area contributed by atoms with Crippen LogP contribution in [0, 0.1) is 24.0 Å². The number of Topliss-reactive ketones (excluding diaryl/α,β-unsaturated/α-hetero) is 1. The van der Waals surface area contributed by atoms with Crippen molar-refractivity contribution in [3.05, 3.63) is 93.0 Å². The number of H-pyrrole nitrogens is 1. The molecule has 39 heavy (non-hydrogen) atoms. The molecule has 9 heteroatoms. The fourth-order valence-corrected chi connectivity index (χ4v) is 5.96. The summed E-state index contributed by atoms with van der Waals surface area (Å²) in [5.74, 6) is -0.199. The van der Waals surface area contributed by atoms with E-state index >= 15 is 0 Å². The Labute approximate surface area is 228 Å². The first-order valence-electron chi connectivity index (χ1n) is 12.7. The number of ketones is 1. The zero-order chi connectivity index (χ0) is 28.7. The van der Waals surface area contributed by atoms with Crippen LogP contribution in [0.5, 0.6) is 0 Å². The van der Waals surface area contributed by atoms with Crippen LogP contribution in [0.15, 0.2) is 65.6 Å². The summed E-state index contributed by atoms with van der Waals surface area (Å²) in [4.78, 5) is 26.3. The van der Waals surface area contributed by atoms with Gasteiger partial charge < -0.3 is 4.98 Å². The minimum atomic E-state index is -3.90. The molecule has 0 spiro atoms. The summed E-state index contributed by atoms with van der Waals surface area (Å²) >= 11 is 0. The molecule has 1 heterocycles. The molecule has 0 aliphatic rings. The zero-order valence-corrected chi connectivity index (χ0v) is 23.8. The molecule has 2 N–H and O–H groups in total. The number of aromatic nitrogens is 1. The number of sulfonamides is 1. The van der Waals surface area contributed by atoms with E-state index in [0.717, 1.165) is 44.4 Å². The van der Waals surface area contributed by atoms with Gasteiger partial charge in [0.15, 0.2) is 0 Å². The Kier molecular flexibility index (Phi) is 7.51. The Morgan fingerprint density at radius 1 is 1.03 bits per heavy atom. The molecule has 0 fully saturated rings. The second kappa shape index (κ2) is 10.4. The van der Waals surface area contributed by atoms with E-state index in [1.54, 1.807) is 6.92 Å². The Morgan fingerprint density at radius 2 is 1.64 bits per heavy atom. The van der Waals surface area contributed by atoms with Gasteiger partial charge in [-0.15, -0.1) is 0 Å². The maximum atomic E-state index is 13.0. The van der Waals surface area contributed by atoms with Crippen LogP contribution >= 0.6 is 0 Å². The van der Waals surface area contributed by atoms with Gasteiger partial charge in [0.05, 0.1) is 15.5 Å². The number of nitrogens with one attached hydrogen (secondary N) is 2. The molecular formula is C30H33N3O5S. The number of aromatic amines is 1. The molecule has 204 valence electrons. The van der Waals surface area contributed by atoms with Crippen molar-refractivity contribution < 1.29 is 18.1 Å². The lowest BCUT2D eigenvalue weighted by Crippen LogP contribution is -2.28. The predicted octanol–water partition coefficient (Wildman–Crippen LogP) is 6.31. The van der Waals surface area contributed by atoms with Crippen molar-refractivity contribution in [2.24, 2.45) is 0 Å². The van der Waals surface area contributed by atoms with Crippen molar-refractivity contribution in [2.75, 3.05) is 6.54 Å². The molecule has 0 radical (unpaired) electrons. The summed E-state index contributed by atoms with van der Waals surface area (Å²) in [7, 11) is -3.90. The first-order chi connectivity index (χ1) is 18.2. The SMILES string of the molecule is CC(=O)C(C)(C)c1ccc2[nH]c(-c3cc(C)cc(C)c3)c(C(C)CNS(=O)(=O)c3ccc([N+](=O)[O-])cc3)c2c1. The van der Waals surface area contributed by atoms with E-state index in [-0.39, 0.29) is 28.8 Å². The van der Waals surface area contributed by atoms with Gasteiger partial charge in [0.2, 0.25) is 10.0 Å². The number of rotatable bonds is 9. The maximum Gasteiger partial charge on any atom is 0.269 e. The van der Waals surface area contributed by atoms with Crippen LogP contribution in [0.4, 0.5) is 5.69 Å². The van der Waals surface area contributed by atoms with Gasteiger partial charge in [-0.1, -0.05) is 30.2 Å². The van der Waals surface area contributed by atoms with E-state index in [4.69, 9.17) is 0 Å². The number of benzene rings is 3. The van der Waals surface area contributed by atoms with E-state index in [2.05, 4.69) is 27.9 Å². The highest BCUT2D eigenvalue weighted by Crippen LogP contribution is 2.38. The van der Waals surface area contributed by atoms with Gasteiger partial charge in [-0.25, -0.2) is 13.1 Å². The van der Waals surface area contributed by atoms with Crippen LogP contribution in [0.2, 0.25) is 0 Å². The summed E-state index contributed by atoms with van der Waals surface area (Å²) in [5.41, 5.74) is 5.99. The normalized spacial score (nSPS) is 13.0. The van der Waals surface area contributed by atoms with Gasteiger partial charge in [-0.05, 0) is 93.6 Å². The molecule has 0 amide bonds. The number of carbonyl (C=O) groups is 1. The molecule has 4 aromatic rings. The van der Waals surface area contributed by atoms with Gasteiger partial charge in [0.25, 0.3) is 5.69 Å². The average molecular weight is 548 g/mol. The smallest absolute Gasteiger partial charge is 0.269 e. The molecule has 4 rings (SSSR count). The Hall–Kier alpha value is -3.82. The maximum absolute atomic E-state index is 13.0. The quantitative estimate of drug-likeness (QED) is 0.188. The lowest BCUT2D eigenvalue weighted by Gasteiger charge is -2.22. The standard InChI is InChI=1S/C30H33N3O5S/c1-18-13-19(2)15-22(14-18)29-28(26-16-23(7-12-27(26)32-29)30(5,6)21(4)34)20(3)17-31-39(37,38)25-10-8-24(9-11-25)33(35)36/h7-16,20,31-32H,17H2,1-6H3. The third kappa shape index (κ3) is 5.65. The van der Waals surface area contributed by atoms with Crippen LogP contribution in [-0.2, 0) is 20.2 Å². The van der Waals surface area contributed by atoms with Gasteiger partial charge in [-0.2, -0.15) is 0 Å². The summed E-state index contributed by atoms with van der Waals surface area (Å²) in [6, 6.07) is 17.0. The zero-order valence-electron chi connectivity index (χ0n) is 23.0. The number of hydrogen-bond donors (Lipinski definition) is 2. The highest BCUT2D eigenvalue weighted by atomic mass is 32.2. The third-order valence-corrected chi connectivity index (χ3v) is 8.82. The topological polar surface area (TPSA) is 122 Å². The van der Waals surface area contributed by atoms with E-state index < -0.39 is 20.4 Å². The fourth-order valence-electron chi connectivity index (χ4n) is 4.83. The van der Waals surface area contributed by atoms with Crippen molar-refractivity contribution in [1.29, 1.82) is 0 Å². The number of non-ortho nitro benzene ring substituents is 1. The molecule has 0 bridgehead atoms. The van der Waals surface area contributed by atoms with Crippen LogP contribution in [0.1, 0.15) is 55.9 Å².